The van der Waals surface area contributed by atoms with Crippen LogP contribution in [0.15, 0.2) is 71.2 Å². The summed E-state index contributed by atoms with van der Waals surface area (Å²) in [7, 11) is 0. The number of fused-ring (bicyclic) bond motifs is 1. The molecular weight excluding hydrogens is 496 g/mol. The number of rotatable bonds is 4. The number of halogens is 1. The lowest BCUT2D eigenvalue weighted by atomic mass is 10.1. The molecule has 0 unspecified atom stereocenters. The van der Waals surface area contributed by atoms with E-state index in [0.29, 0.717) is 16.9 Å². The maximum absolute atomic E-state index is 13.2. The normalized spacial score (nSPS) is 10.7. The molecule has 1 aromatic heterocycles. The summed E-state index contributed by atoms with van der Waals surface area (Å²) < 4.78 is 2.15. The molecule has 4 aromatic rings. The summed E-state index contributed by atoms with van der Waals surface area (Å²) in [6, 6.07) is 19.8. The van der Waals surface area contributed by atoms with E-state index >= 15 is 0 Å². The lowest BCUT2D eigenvalue weighted by molar-refractivity contribution is -0.133. The molecule has 0 spiro atoms. The Labute approximate surface area is 205 Å². The zero-order valence-electron chi connectivity index (χ0n) is 18.9. The summed E-state index contributed by atoms with van der Waals surface area (Å²) in [6.45, 7) is 5.89. The van der Waals surface area contributed by atoms with Gasteiger partial charge in [-0.1, -0.05) is 39.7 Å². The predicted octanol–water partition coefficient (Wildman–Crippen LogP) is 5.29. The van der Waals surface area contributed by atoms with Crippen molar-refractivity contribution in [3.63, 3.8) is 0 Å². The lowest BCUT2D eigenvalue weighted by Crippen LogP contribution is -2.36. The highest BCUT2D eigenvalue weighted by molar-refractivity contribution is 9.10. The summed E-state index contributed by atoms with van der Waals surface area (Å²) in [6.07, 6.45) is 0. The Hall–Kier alpha value is -3.91. The molecule has 0 saturated carbocycles. The Balaban J connectivity index is 1.62. The molecule has 0 fully saturated rings. The van der Waals surface area contributed by atoms with E-state index in [2.05, 4.69) is 32.0 Å². The quantitative estimate of drug-likeness (QED) is 0.320. The van der Waals surface area contributed by atoms with Crippen molar-refractivity contribution in [3.8, 4) is 0 Å². The van der Waals surface area contributed by atoms with Gasteiger partial charge in [-0.25, -0.2) is 4.68 Å². The van der Waals surface area contributed by atoms with E-state index in [1.807, 2.05) is 57.2 Å². The van der Waals surface area contributed by atoms with Crippen LogP contribution in [0.2, 0.25) is 0 Å². The molecule has 3 amide bonds. The van der Waals surface area contributed by atoms with Gasteiger partial charge in [0.05, 0.1) is 5.52 Å². The van der Waals surface area contributed by atoms with Crippen LogP contribution in [0.25, 0.3) is 10.9 Å². The maximum atomic E-state index is 13.2. The molecule has 0 saturated heterocycles. The highest BCUT2D eigenvalue weighted by Crippen LogP contribution is 2.24. The number of benzene rings is 3. The van der Waals surface area contributed by atoms with Crippen molar-refractivity contribution in [1.82, 2.24) is 4.68 Å². The second kappa shape index (κ2) is 9.52. The second-order valence-corrected chi connectivity index (χ2v) is 9.00. The molecule has 8 heteroatoms. The molecule has 3 N–H and O–H groups in total. The number of anilines is 2. The van der Waals surface area contributed by atoms with Gasteiger partial charge >= 0.3 is 11.8 Å². The van der Waals surface area contributed by atoms with Crippen molar-refractivity contribution < 1.29 is 14.4 Å². The summed E-state index contributed by atoms with van der Waals surface area (Å²) in [4.78, 5) is 38.4. The fourth-order valence-electron chi connectivity index (χ4n) is 3.47. The van der Waals surface area contributed by atoms with E-state index in [0.717, 1.165) is 26.5 Å². The van der Waals surface area contributed by atoms with Crippen molar-refractivity contribution in [2.24, 2.45) is 0 Å². The summed E-state index contributed by atoms with van der Waals surface area (Å²) in [5.41, 5.74) is 7.65. The fourth-order valence-corrected chi connectivity index (χ4v) is 3.84. The minimum atomic E-state index is -0.902. The Morgan fingerprint density at radius 2 is 1.44 bits per heavy atom. The molecule has 7 nitrogen and oxygen atoms in total. The van der Waals surface area contributed by atoms with Gasteiger partial charge in [0.15, 0.2) is 0 Å². The van der Waals surface area contributed by atoms with Crippen LogP contribution >= 0.6 is 15.9 Å². The van der Waals surface area contributed by atoms with Crippen LogP contribution in [0.4, 0.5) is 11.4 Å². The van der Waals surface area contributed by atoms with Gasteiger partial charge < -0.3 is 10.6 Å². The first-order chi connectivity index (χ1) is 16.2. The molecule has 0 bridgehead atoms. The molecule has 0 aliphatic carbocycles. The van der Waals surface area contributed by atoms with Crippen LogP contribution in [0, 0.1) is 20.8 Å². The molecule has 0 aliphatic rings. The molecule has 0 aliphatic heterocycles. The number of amides is 3. The van der Waals surface area contributed by atoms with Crippen LogP contribution in [0.1, 0.15) is 27.2 Å². The molecule has 3 aromatic carbocycles. The first-order valence-corrected chi connectivity index (χ1v) is 11.4. The summed E-state index contributed by atoms with van der Waals surface area (Å²) in [5, 5.41) is 6.15. The average Bonchev–Trinajstić information content (AvgIpc) is 3.15. The van der Waals surface area contributed by atoms with Crippen LogP contribution in [-0.2, 0) is 9.59 Å². The molecule has 172 valence electrons. The zero-order valence-corrected chi connectivity index (χ0v) is 20.5. The van der Waals surface area contributed by atoms with Crippen molar-refractivity contribution >= 4 is 55.9 Å². The average molecular weight is 519 g/mol. The second-order valence-electron chi connectivity index (χ2n) is 8.08. The number of aryl methyl sites for hydroxylation is 3. The molecule has 34 heavy (non-hydrogen) atoms. The Morgan fingerprint density at radius 3 is 2.15 bits per heavy atom. The Bertz CT molecular complexity index is 1420. The summed E-state index contributed by atoms with van der Waals surface area (Å²) in [5.74, 6) is -2.17. The fraction of sp³-hybridized carbons (Fsp3) is 0.115. The largest absolute Gasteiger partial charge is 0.328 e. The molecular formula is C26H23BrN4O3. The lowest BCUT2D eigenvalue weighted by Gasteiger charge is -2.13. The highest BCUT2D eigenvalue weighted by Gasteiger charge is 2.21. The number of hydrogen-bond acceptors (Lipinski definition) is 3. The Kier molecular flexibility index (Phi) is 6.51. The number of aromatic nitrogens is 1. The first-order valence-electron chi connectivity index (χ1n) is 10.6. The van der Waals surface area contributed by atoms with Crippen LogP contribution in [0.5, 0.6) is 0 Å². The molecule has 1 heterocycles. The van der Waals surface area contributed by atoms with Gasteiger partial charge in [-0.3, -0.25) is 19.8 Å². The standard InChI is InChI=1S/C26H23BrN4O3/c1-15-4-8-20(9-5-15)28-25(33)26(34)30-31-22-11-7-19(27)13-18(22)14-23(31)24(32)29-21-10-6-16(2)17(3)12-21/h4-14H,1-3H3,(H,28,33)(H,29,32)(H,30,34). The van der Waals surface area contributed by atoms with Gasteiger partial charge in [-0.15, -0.1) is 0 Å². The van der Waals surface area contributed by atoms with Crippen LogP contribution < -0.4 is 16.1 Å². The molecule has 4 rings (SSSR count). The van der Waals surface area contributed by atoms with Gasteiger partial charge in [0, 0.05) is 21.2 Å². The van der Waals surface area contributed by atoms with E-state index in [1.165, 1.54) is 4.68 Å². The zero-order chi connectivity index (χ0) is 24.4. The van der Waals surface area contributed by atoms with E-state index in [1.54, 1.807) is 30.3 Å². The van der Waals surface area contributed by atoms with Crippen LogP contribution in [0.3, 0.4) is 0 Å². The van der Waals surface area contributed by atoms with Crippen LogP contribution in [-0.4, -0.2) is 22.4 Å². The van der Waals surface area contributed by atoms with Gasteiger partial charge in [0.2, 0.25) is 0 Å². The third-order valence-electron chi connectivity index (χ3n) is 5.49. The number of carbonyl (C=O) groups is 3. The van der Waals surface area contributed by atoms with E-state index in [-0.39, 0.29) is 5.69 Å². The highest BCUT2D eigenvalue weighted by atomic mass is 79.9. The number of nitrogens with one attached hydrogen (secondary N) is 3. The SMILES string of the molecule is Cc1ccc(NC(=O)C(=O)Nn2c(C(=O)Nc3ccc(C)c(C)c3)cc3cc(Br)ccc32)cc1. The molecule has 0 atom stereocenters. The number of nitrogens with zero attached hydrogens (tertiary/aromatic N) is 1. The monoisotopic (exact) mass is 518 g/mol. The van der Waals surface area contributed by atoms with E-state index < -0.39 is 17.7 Å². The van der Waals surface area contributed by atoms with Gasteiger partial charge in [-0.2, -0.15) is 0 Å². The van der Waals surface area contributed by atoms with Crippen molar-refractivity contribution in [3.05, 3.63) is 93.6 Å². The van der Waals surface area contributed by atoms with Gasteiger partial charge in [0.25, 0.3) is 5.91 Å². The van der Waals surface area contributed by atoms with E-state index in [4.69, 9.17) is 0 Å². The maximum Gasteiger partial charge on any atom is 0.328 e. The minimum Gasteiger partial charge on any atom is -0.321 e. The van der Waals surface area contributed by atoms with Crippen molar-refractivity contribution in [2.45, 2.75) is 20.8 Å². The van der Waals surface area contributed by atoms with Crippen molar-refractivity contribution in [2.75, 3.05) is 16.1 Å². The Morgan fingerprint density at radius 1 is 0.735 bits per heavy atom. The predicted molar refractivity (Wildman–Crippen MR) is 138 cm³/mol. The third-order valence-corrected chi connectivity index (χ3v) is 5.98. The smallest absolute Gasteiger partial charge is 0.321 e. The molecule has 0 radical (unpaired) electrons. The van der Waals surface area contributed by atoms with E-state index in [9.17, 15) is 14.4 Å². The summed E-state index contributed by atoms with van der Waals surface area (Å²) >= 11 is 3.43. The third kappa shape index (κ3) is 5.02. The number of carbonyl (C=O) groups excluding carboxylic acids is 3. The van der Waals surface area contributed by atoms with Crippen molar-refractivity contribution in [1.29, 1.82) is 0 Å². The minimum absolute atomic E-state index is 0.183. The van der Waals surface area contributed by atoms with Gasteiger partial charge in [0.1, 0.15) is 5.69 Å². The first kappa shape index (κ1) is 23.3. The topological polar surface area (TPSA) is 92.2 Å². The number of hydrogen-bond donors (Lipinski definition) is 3. The van der Waals surface area contributed by atoms with Gasteiger partial charge in [-0.05, 0) is 80.4 Å².